The van der Waals surface area contributed by atoms with E-state index in [0.717, 1.165) is 11.3 Å². The molecule has 6 nitrogen and oxygen atoms in total. The quantitative estimate of drug-likeness (QED) is 0.617. The lowest BCUT2D eigenvalue weighted by Crippen LogP contribution is -2.39. The van der Waals surface area contributed by atoms with Crippen LogP contribution in [-0.2, 0) is 4.74 Å². The zero-order valence-corrected chi connectivity index (χ0v) is 14.2. The normalized spacial score (nSPS) is 13.8. The smallest absolute Gasteiger partial charge is 0.348 e. The first kappa shape index (κ1) is 16.4. The third kappa shape index (κ3) is 2.51. The summed E-state index contributed by atoms with van der Waals surface area (Å²) in [5.74, 6) is -0.938. The lowest BCUT2D eigenvalue weighted by Gasteiger charge is -2.10. The lowest BCUT2D eigenvalue weighted by molar-refractivity contribution is -0.577. The predicted octanol–water partition coefficient (Wildman–Crippen LogP) is 2.32. The van der Waals surface area contributed by atoms with Crippen molar-refractivity contribution in [1.82, 2.24) is 0 Å². The summed E-state index contributed by atoms with van der Waals surface area (Å²) in [4.78, 5) is 37.2. The minimum absolute atomic E-state index is 0.0334. The van der Waals surface area contributed by atoms with E-state index in [9.17, 15) is 14.4 Å². The Morgan fingerprint density at radius 3 is 2.42 bits per heavy atom. The van der Waals surface area contributed by atoms with Crippen LogP contribution in [0.3, 0.4) is 0 Å². The Labute approximate surface area is 145 Å². The molecule has 0 saturated heterocycles. The minimum Gasteiger partial charge on any atom is -0.496 e. The maximum absolute atomic E-state index is 12.8. The maximum Gasteiger partial charge on any atom is 0.348 e. The highest BCUT2D eigenvalue weighted by molar-refractivity contribution is 7.16. The average molecular weight is 365 g/mol. The van der Waals surface area contributed by atoms with Crippen molar-refractivity contribution in [2.24, 2.45) is 0 Å². The van der Waals surface area contributed by atoms with Crippen molar-refractivity contribution < 1.29 is 28.4 Å². The van der Waals surface area contributed by atoms with Crippen molar-refractivity contribution in [1.29, 1.82) is 0 Å². The monoisotopic (exact) mass is 364 g/mol. The first-order valence-electron chi connectivity index (χ1n) is 6.75. The Bertz CT molecular complexity index is 898. The summed E-state index contributed by atoms with van der Waals surface area (Å²) in [6.07, 6.45) is 3.14. The number of nitrogens with zero attached hydrogens (tertiary/aromatic N) is 1. The standard InChI is InChI=1S/C16H11ClNO5S/c1-22-8-3-5-18(6-4-8)12-11(17)14(20)15-9(13(12)19)7-10(24-15)16(21)23-2/h3-7H,1-2H3/q+1. The van der Waals surface area contributed by atoms with Gasteiger partial charge in [-0.25, -0.2) is 4.79 Å². The van der Waals surface area contributed by atoms with E-state index in [1.165, 1.54) is 24.9 Å². The number of rotatable bonds is 3. The van der Waals surface area contributed by atoms with Crippen molar-refractivity contribution in [3.05, 3.63) is 50.9 Å². The van der Waals surface area contributed by atoms with Gasteiger partial charge in [0.05, 0.1) is 24.7 Å². The summed E-state index contributed by atoms with van der Waals surface area (Å²) in [5, 5.41) is -0.194. The van der Waals surface area contributed by atoms with Gasteiger partial charge >= 0.3 is 5.97 Å². The van der Waals surface area contributed by atoms with Crippen LogP contribution in [0, 0.1) is 0 Å². The van der Waals surface area contributed by atoms with E-state index in [4.69, 9.17) is 16.3 Å². The third-order valence-corrected chi connectivity index (χ3v) is 4.95. The number of hydrogen-bond acceptors (Lipinski definition) is 6. The van der Waals surface area contributed by atoms with Crippen LogP contribution in [0.15, 0.2) is 35.6 Å². The summed E-state index contributed by atoms with van der Waals surface area (Å²) in [6.45, 7) is 0. The summed E-state index contributed by atoms with van der Waals surface area (Å²) in [5.41, 5.74) is 0.180. The molecule has 0 radical (unpaired) electrons. The fraction of sp³-hybridized carbons (Fsp3) is 0.125. The molecule has 1 aliphatic rings. The number of carbonyl (C=O) groups is 3. The summed E-state index contributed by atoms with van der Waals surface area (Å²) >= 11 is 7.03. The number of allylic oxidation sites excluding steroid dienone is 2. The molecule has 1 aliphatic carbocycles. The van der Waals surface area contributed by atoms with Gasteiger partial charge in [0.2, 0.25) is 5.78 Å². The van der Waals surface area contributed by atoms with Gasteiger partial charge in [0, 0.05) is 12.1 Å². The van der Waals surface area contributed by atoms with Gasteiger partial charge in [0.1, 0.15) is 10.6 Å². The largest absolute Gasteiger partial charge is 0.496 e. The fourth-order valence-corrected chi connectivity index (χ4v) is 3.65. The highest BCUT2D eigenvalue weighted by Crippen LogP contribution is 2.34. The van der Waals surface area contributed by atoms with Gasteiger partial charge in [-0.15, -0.1) is 11.3 Å². The molecule has 0 aliphatic heterocycles. The number of Topliss-reactive ketones (excluding diaryl/α,β-unsaturated/α-hetero) is 2. The number of fused-ring (bicyclic) bond motifs is 1. The zero-order valence-electron chi connectivity index (χ0n) is 12.7. The molecule has 0 spiro atoms. The lowest BCUT2D eigenvalue weighted by atomic mass is 9.99. The van der Waals surface area contributed by atoms with Gasteiger partial charge in [0.25, 0.3) is 11.5 Å². The van der Waals surface area contributed by atoms with Crippen LogP contribution in [0.5, 0.6) is 5.75 Å². The molecule has 2 aromatic rings. The second-order valence-corrected chi connectivity index (χ2v) is 6.24. The molecule has 122 valence electrons. The number of aromatic nitrogens is 1. The Balaban J connectivity index is 2.10. The van der Waals surface area contributed by atoms with E-state index in [1.807, 2.05) is 0 Å². The van der Waals surface area contributed by atoms with Gasteiger partial charge < -0.3 is 9.47 Å². The average Bonchev–Trinajstić information content (AvgIpc) is 3.06. The molecule has 0 atom stereocenters. The number of halogens is 1. The van der Waals surface area contributed by atoms with Crippen LogP contribution in [0.1, 0.15) is 29.7 Å². The first-order chi connectivity index (χ1) is 11.5. The highest BCUT2D eigenvalue weighted by Gasteiger charge is 2.40. The van der Waals surface area contributed by atoms with E-state index in [-0.39, 0.29) is 26.0 Å². The topological polar surface area (TPSA) is 73.6 Å². The molecule has 0 amide bonds. The number of thiophene rings is 1. The Kier molecular flexibility index (Phi) is 4.21. The number of hydrogen-bond donors (Lipinski definition) is 0. The number of ether oxygens (including phenoxy) is 2. The summed E-state index contributed by atoms with van der Waals surface area (Å²) in [6, 6.07) is 4.63. The van der Waals surface area contributed by atoms with Crippen LogP contribution in [0.25, 0.3) is 5.70 Å². The number of methoxy groups -OCH3 is 2. The molecule has 0 bridgehead atoms. The molecular formula is C16H11ClNO5S+. The summed E-state index contributed by atoms with van der Waals surface area (Å²) in [7, 11) is 2.75. The van der Waals surface area contributed by atoms with E-state index in [0.29, 0.717) is 5.75 Å². The Morgan fingerprint density at radius 1 is 1.17 bits per heavy atom. The number of pyridine rings is 1. The molecule has 3 rings (SSSR count). The van der Waals surface area contributed by atoms with Gasteiger partial charge in [-0.05, 0) is 6.07 Å². The Morgan fingerprint density at radius 2 is 1.83 bits per heavy atom. The predicted molar refractivity (Wildman–Crippen MR) is 86.6 cm³/mol. The van der Waals surface area contributed by atoms with E-state index in [1.54, 1.807) is 24.5 Å². The van der Waals surface area contributed by atoms with Crippen LogP contribution in [-0.4, -0.2) is 31.8 Å². The van der Waals surface area contributed by atoms with Crippen LogP contribution < -0.4 is 9.30 Å². The molecule has 0 aromatic carbocycles. The highest BCUT2D eigenvalue weighted by atomic mass is 35.5. The maximum atomic E-state index is 12.8. The summed E-state index contributed by atoms with van der Waals surface area (Å²) < 4.78 is 11.1. The second kappa shape index (κ2) is 6.18. The van der Waals surface area contributed by atoms with Crippen LogP contribution in [0.2, 0.25) is 0 Å². The first-order valence-corrected chi connectivity index (χ1v) is 7.94. The molecule has 2 heterocycles. The van der Waals surface area contributed by atoms with Gasteiger partial charge in [0.15, 0.2) is 17.4 Å². The molecule has 24 heavy (non-hydrogen) atoms. The van der Waals surface area contributed by atoms with Crippen molar-refractivity contribution in [3.63, 3.8) is 0 Å². The van der Waals surface area contributed by atoms with Crippen molar-refractivity contribution >= 4 is 46.2 Å². The fourth-order valence-electron chi connectivity index (χ4n) is 2.29. The van der Waals surface area contributed by atoms with Gasteiger partial charge in [-0.3, -0.25) is 9.59 Å². The van der Waals surface area contributed by atoms with E-state index in [2.05, 4.69) is 4.74 Å². The minimum atomic E-state index is -0.607. The SMILES string of the molecule is COC(=O)c1cc2c(s1)C(=O)C(Cl)=C([n+]1ccc(OC)cc1)C2=O. The molecule has 0 N–H and O–H groups in total. The van der Waals surface area contributed by atoms with Crippen molar-refractivity contribution in [2.45, 2.75) is 0 Å². The molecule has 0 saturated carbocycles. The third-order valence-electron chi connectivity index (χ3n) is 3.48. The molecular weight excluding hydrogens is 354 g/mol. The van der Waals surface area contributed by atoms with Crippen molar-refractivity contribution in [2.75, 3.05) is 14.2 Å². The van der Waals surface area contributed by atoms with E-state index < -0.39 is 17.5 Å². The molecule has 0 unspecified atom stereocenters. The second-order valence-electron chi connectivity index (χ2n) is 4.81. The van der Waals surface area contributed by atoms with Crippen LogP contribution >= 0.6 is 22.9 Å². The van der Waals surface area contributed by atoms with E-state index >= 15 is 0 Å². The molecule has 2 aromatic heterocycles. The number of carbonyl (C=O) groups excluding carboxylic acids is 3. The number of ketones is 2. The Hall–Kier alpha value is -2.51. The van der Waals surface area contributed by atoms with Crippen molar-refractivity contribution in [3.8, 4) is 5.75 Å². The molecule has 0 fully saturated rings. The number of esters is 1. The van der Waals surface area contributed by atoms with Gasteiger partial charge in [-0.2, -0.15) is 4.57 Å². The zero-order chi connectivity index (χ0) is 17.4. The van der Waals surface area contributed by atoms with Crippen LogP contribution in [0.4, 0.5) is 0 Å². The van der Waals surface area contributed by atoms with Gasteiger partial charge in [-0.1, -0.05) is 11.6 Å². The molecule has 8 heteroatoms.